The minimum Gasteiger partial charge on any atom is -0.379 e. The zero-order chi connectivity index (χ0) is 19.3. The van der Waals surface area contributed by atoms with Gasteiger partial charge in [-0.25, -0.2) is 9.78 Å². The number of anilines is 1. The zero-order valence-electron chi connectivity index (χ0n) is 15.9. The molecular formula is C19H25N7O2. The molecule has 1 aliphatic rings. The number of ether oxygens (including phenoxy) is 1. The number of H-pyrrole nitrogens is 2. The monoisotopic (exact) mass is 383 g/mol. The number of aromatic amines is 2. The van der Waals surface area contributed by atoms with E-state index in [1.54, 1.807) is 6.20 Å². The first-order chi connectivity index (χ1) is 13.7. The van der Waals surface area contributed by atoms with Crippen LogP contribution in [0.2, 0.25) is 0 Å². The second-order valence-corrected chi connectivity index (χ2v) is 6.87. The standard InChI is InChI=1S/C19H25N7O2/c1-2-5-20-19(27)24-16-11-21-25-17(16)18-22-14-4-3-13(10-15(14)23-18)12-26-6-8-28-9-7-26/h3-4,10-11H,2,5-9,12H2,1H3,(H,21,25)(H,22,23)(H2,20,24,27). The van der Waals surface area contributed by atoms with Gasteiger partial charge in [0.2, 0.25) is 0 Å². The summed E-state index contributed by atoms with van der Waals surface area (Å²) in [6.07, 6.45) is 2.46. The third-order valence-corrected chi connectivity index (χ3v) is 4.72. The molecule has 3 heterocycles. The average molecular weight is 383 g/mol. The van der Waals surface area contributed by atoms with Gasteiger partial charge in [-0.2, -0.15) is 5.10 Å². The first kappa shape index (κ1) is 18.5. The number of urea groups is 1. The zero-order valence-corrected chi connectivity index (χ0v) is 15.9. The van der Waals surface area contributed by atoms with E-state index in [0.717, 1.165) is 50.3 Å². The maximum atomic E-state index is 12.0. The summed E-state index contributed by atoms with van der Waals surface area (Å²) in [5, 5.41) is 12.6. The van der Waals surface area contributed by atoms with Crippen molar-refractivity contribution in [2.45, 2.75) is 19.9 Å². The second-order valence-electron chi connectivity index (χ2n) is 6.87. The van der Waals surface area contributed by atoms with Gasteiger partial charge in [0.25, 0.3) is 0 Å². The number of hydrogen-bond donors (Lipinski definition) is 4. The molecule has 0 unspecified atom stereocenters. The fraction of sp³-hybridized carbons (Fsp3) is 0.421. The smallest absolute Gasteiger partial charge is 0.319 e. The van der Waals surface area contributed by atoms with Crippen molar-refractivity contribution >= 4 is 22.8 Å². The predicted molar refractivity (Wildman–Crippen MR) is 107 cm³/mol. The highest BCUT2D eigenvalue weighted by Gasteiger charge is 2.15. The first-order valence-corrected chi connectivity index (χ1v) is 9.60. The van der Waals surface area contributed by atoms with Crippen molar-refractivity contribution in [3.8, 4) is 11.5 Å². The van der Waals surface area contributed by atoms with E-state index in [9.17, 15) is 4.79 Å². The maximum absolute atomic E-state index is 12.0. The van der Waals surface area contributed by atoms with E-state index in [4.69, 9.17) is 4.74 Å². The molecule has 0 bridgehead atoms. The van der Waals surface area contributed by atoms with Crippen molar-refractivity contribution in [2.75, 3.05) is 38.2 Å². The summed E-state index contributed by atoms with van der Waals surface area (Å²) in [4.78, 5) is 22.3. The van der Waals surface area contributed by atoms with Crippen molar-refractivity contribution in [1.29, 1.82) is 0 Å². The molecule has 1 aliphatic heterocycles. The minimum atomic E-state index is -0.256. The topological polar surface area (TPSA) is 111 Å². The van der Waals surface area contributed by atoms with Crippen LogP contribution in [0, 0.1) is 0 Å². The van der Waals surface area contributed by atoms with Crippen LogP contribution in [-0.2, 0) is 11.3 Å². The molecule has 28 heavy (non-hydrogen) atoms. The number of rotatable bonds is 6. The Balaban J connectivity index is 1.52. The lowest BCUT2D eigenvalue weighted by molar-refractivity contribution is 0.0342. The van der Waals surface area contributed by atoms with Gasteiger partial charge in [-0.1, -0.05) is 13.0 Å². The normalized spacial score (nSPS) is 15.0. The van der Waals surface area contributed by atoms with E-state index < -0.39 is 0 Å². The SMILES string of the molecule is CCCNC(=O)Nc1cn[nH]c1-c1nc2ccc(CN3CCOCC3)cc2[nH]1. The van der Waals surface area contributed by atoms with Gasteiger partial charge in [-0.3, -0.25) is 10.00 Å². The number of amides is 2. The van der Waals surface area contributed by atoms with E-state index in [-0.39, 0.29) is 6.03 Å². The van der Waals surface area contributed by atoms with Crippen LogP contribution in [0.1, 0.15) is 18.9 Å². The lowest BCUT2D eigenvalue weighted by Crippen LogP contribution is -2.35. The Morgan fingerprint density at radius 3 is 3.00 bits per heavy atom. The highest BCUT2D eigenvalue weighted by molar-refractivity contribution is 5.93. The summed E-state index contributed by atoms with van der Waals surface area (Å²) in [6.45, 7) is 7.00. The summed E-state index contributed by atoms with van der Waals surface area (Å²) in [5.74, 6) is 0.641. The Labute approximate surface area is 162 Å². The Morgan fingerprint density at radius 1 is 1.32 bits per heavy atom. The molecular weight excluding hydrogens is 358 g/mol. The lowest BCUT2D eigenvalue weighted by atomic mass is 10.2. The average Bonchev–Trinajstić information content (AvgIpc) is 3.33. The van der Waals surface area contributed by atoms with Gasteiger partial charge < -0.3 is 20.4 Å². The van der Waals surface area contributed by atoms with E-state index in [2.05, 4.69) is 47.8 Å². The van der Waals surface area contributed by atoms with E-state index in [1.807, 2.05) is 13.0 Å². The van der Waals surface area contributed by atoms with Gasteiger partial charge >= 0.3 is 6.03 Å². The lowest BCUT2D eigenvalue weighted by Gasteiger charge is -2.26. The van der Waals surface area contributed by atoms with E-state index >= 15 is 0 Å². The highest BCUT2D eigenvalue weighted by Crippen LogP contribution is 2.26. The van der Waals surface area contributed by atoms with Crippen LogP contribution in [0.4, 0.5) is 10.5 Å². The molecule has 0 radical (unpaired) electrons. The van der Waals surface area contributed by atoms with E-state index in [0.29, 0.717) is 23.8 Å². The molecule has 148 valence electrons. The highest BCUT2D eigenvalue weighted by atomic mass is 16.5. The minimum absolute atomic E-state index is 0.256. The molecule has 0 saturated carbocycles. The number of nitrogens with zero attached hydrogens (tertiary/aromatic N) is 3. The van der Waals surface area contributed by atoms with Crippen LogP contribution < -0.4 is 10.6 Å². The fourth-order valence-corrected chi connectivity index (χ4v) is 3.26. The molecule has 2 aromatic heterocycles. The number of hydrogen-bond acceptors (Lipinski definition) is 5. The van der Waals surface area contributed by atoms with Crippen molar-refractivity contribution in [2.24, 2.45) is 0 Å². The third kappa shape index (κ3) is 4.15. The quantitative estimate of drug-likeness (QED) is 0.522. The Kier molecular flexibility index (Phi) is 5.54. The van der Waals surface area contributed by atoms with Crippen LogP contribution in [0.5, 0.6) is 0 Å². The molecule has 1 aromatic carbocycles. The number of imidazole rings is 1. The molecule has 9 nitrogen and oxygen atoms in total. The fourth-order valence-electron chi connectivity index (χ4n) is 3.26. The number of benzene rings is 1. The molecule has 0 atom stereocenters. The number of morpholine rings is 1. The number of fused-ring (bicyclic) bond motifs is 1. The van der Waals surface area contributed by atoms with Gasteiger partial charge in [-0.15, -0.1) is 0 Å². The van der Waals surface area contributed by atoms with Crippen LogP contribution in [0.3, 0.4) is 0 Å². The Bertz CT molecular complexity index is 943. The van der Waals surface area contributed by atoms with Gasteiger partial charge in [0.15, 0.2) is 5.82 Å². The van der Waals surface area contributed by atoms with Crippen molar-refractivity contribution < 1.29 is 9.53 Å². The number of carbonyl (C=O) groups excluding carboxylic acids is 1. The van der Waals surface area contributed by atoms with Crippen LogP contribution in [0.25, 0.3) is 22.6 Å². The molecule has 2 amide bonds. The molecule has 4 rings (SSSR count). The van der Waals surface area contributed by atoms with Gasteiger partial charge in [-0.05, 0) is 24.1 Å². The molecule has 4 N–H and O–H groups in total. The molecule has 1 fully saturated rings. The van der Waals surface area contributed by atoms with Gasteiger partial charge in [0.05, 0.1) is 36.1 Å². The number of aromatic nitrogens is 4. The largest absolute Gasteiger partial charge is 0.379 e. The number of carbonyl (C=O) groups is 1. The number of nitrogens with one attached hydrogen (secondary N) is 4. The molecule has 0 aliphatic carbocycles. The maximum Gasteiger partial charge on any atom is 0.319 e. The van der Waals surface area contributed by atoms with Gasteiger partial charge in [0, 0.05) is 26.2 Å². The molecule has 1 saturated heterocycles. The second kappa shape index (κ2) is 8.41. The van der Waals surface area contributed by atoms with Crippen molar-refractivity contribution in [3.63, 3.8) is 0 Å². The van der Waals surface area contributed by atoms with Crippen LogP contribution >= 0.6 is 0 Å². The Hall–Kier alpha value is -2.91. The van der Waals surface area contributed by atoms with Crippen LogP contribution in [-0.4, -0.2) is 63.9 Å². The summed E-state index contributed by atoms with van der Waals surface area (Å²) in [7, 11) is 0. The molecule has 3 aromatic rings. The van der Waals surface area contributed by atoms with Gasteiger partial charge in [0.1, 0.15) is 5.69 Å². The Morgan fingerprint density at radius 2 is 2.18 bits per heavy atom. The summed E-state index contributed by atoms with van der Waals surface area (Å²) in [6, 6.07) is 5.99. The predicted octanol–water partition coefficient (Wildman–Crippen LogP) is 2.32. The summed E-state index contributed by atoms with van der Waals surface area (Å²) >= 11 is 0. The summed E-state index contributed by atoms with van der Waals surface area (Å²) < 4.78 is 5.41. The van der Waals surface area contributed by atoms with E-state index in [1.165, 1.54) is 5.56 Å². The van der Waals surface area contributed by atoms with Crippen molar-refractivity contribution in [1.82, 2.24) is 30.4 Å². The van der Waals surface area contributed by atoms with Crippen LogP contribution in [0.15, 0.2) is 24.4 Å². The molecule has 0 spiro atoms. The third-order valence-electron chi connectivity index (χ3n) is 4.72. The van der Waals surface area contributed by atoms with Crippen molar-refractivity contribution in [3.05, 3.63) is 30.0 Å². The first-order valence-electron chi connectivity index (χ1n) is 9.60. The molecule has 9 heteroatoms. The summed E-state index contributed by atoms with van der Waals surface area (Å²) in [5.41, 5.74) is 4.29.